The largest absolute Gasteiger partial charge is 0.325 e. The molecule has 0 bridgehead atoms. The molecule has 4 heteroatoms. The Morgan fingerprint density at radius 2 is 2.04 bits per heavy atom. The van der Waals surface area contributed by atoms with Gasteiger partial charge in [0.25, 0.3) is 5.91 Å². The third-order valence-corrected chi connectivity index (χ3v) is 5.25. The number of nitrogens with one attached hydrogen (secondary N) is 1. The molecule has 0 radical (unpaired) electrons. The van der Waals surface area contributed by atoms with E-state index in [1.54, 1.807) is 0 Å². The van der Waals surface area contributed by atoms with Crippen LogP contribution in [0.15, 0.2) is 40.1 Å². The van der Waals surface area contributed by atoms with Crippen molar-refractivity contribution in [3.63, 3.8) is 0 Å². The number of carbonyl (C=O) groups excluding carboxylic acids is 2. The second-order valence-corrected chi connectivity index (χ2v) is 6.82. The number of allylic oxidation sites excluding steroid dienone is 3. The van der Waals surface area contributed by atoms with E-state index in [-0.39, 0.29) is 17.7 Å². The second-order valence-electron chi connectivity index (χ2n) is 6.82. The van der Waals surface area contributed by atoms with Crippen LogP contribution < -0.4 is 5.32 Å². The van der Waals surface area contributed by atoms with Crippen molar-refractivity contribution in [1.29, 1.82) is 0 Å². The van der Waals surface area contributed by atoms with Crippen molar-refractivity contribution in [2.75, 3.05) is 0 Å². The Bertz CT molecular complexity index is 646. The third-order valence-electron chi connectivity index (χ3n) is 5.25. The van der Waals surface area contributed by atoms with Crippen LogP contribution in [0.2, 0.25) is 0 Å². The van der Waals surface area contributed by atoms with E-state index in [0.29, 0.717) is 18.1 Å². The summed E-state index contributed by atoms with van der Waals surface area (Å²) in [6.07, 6.45) is 12.3. The van der Waals surface area contributed by atoms with Crippen LogP contribution >= 0.6 is 0 Å². The normalized spacial score (nSPS) is 26.3. The van der Waals surface area contributed by atoms with Crippen molar-refractivity contribution in [3.05, 3.63) is 35.1 Å². The molecule has 122 valence electrons. The summed E-state index contributed by atoms with van der Waals surface area (Å²) in [7, 11) is 0. The van der Waals surface area contributed by atoms with Crippen LogP contribution in [0.3, 0.4) is 0 Å². The highest BCUT2D eigenvalue weighted by Crippen LogP contribution is 2.30. The first-order valence-corrected chi connectivity index (χ1v) is 8.54. The van der Waals surface area contributed by atoms with Crippen LogP contribution in [0.25, 0.3) is 0 Å². The van der Waals surface area contributed by atoms with E-state index in [9.17, 15) is 9.59 Å². The molecule has 0 aromatic rings. The summed E-state index contributed by atoms with van der Waals surface area (Å²) in [4.78, 5) is 28.2. The van der Waals surface area contributed by atoms with E-state index in [2.05, 4.69) is 10.3 Å². The van der Waals surface area contributed by atoms with E-state index >= 15 is 0 Å². The number of fused-ring (bicyclic) bond motifs is 1. The third kappa shape index (κ3) is 3.52. The van der Waals surface area contributed by atoms with E-state index in [0.717, 1.165) is 23.3 Å². The molecule has 23 heavy (non-hydrogen) atoms. The van der Waals surface area contributed by atoms with Crippen LogP contribution in [-0.4, -0.2) is 17.5 Å². The van der Waals surface area contributed by atoms with Crippen LogP contribution in [0.4, 0.5) is 0 Å². The fourth-order valence-electron chi connectivity index (χ4n) is 3.62. The van der Waals surface area contributed by atoms with Gasteiger partial charge in [0.2, 0.25) is 5.91 Å². The monoisotopic (exact) mass is 312 g/mol. The number of carbonyl (C=O) groups is 2. The van der Waals surface area contributed by atoms with Gasteiger partial charge >= 0.3 is 0 Å². The Hall–Kier alpha value is -1.97. The molecule has 1 unspecified atom stereocenters. The molecule has 1 atom stereocenters. The Labute approximate surface area is 137 Å². The first-order valence-electron chi connectivity index (χ1n) is 8.54. The van der Waals surface area contributed by atoms with E-state index < -0.39 is 0 Å². The summed E-state index contributed by atoms with van der Waals surface area (Å²) in [5, 5.41) is 2.90. The smallest absolute Gasteiger partial charge is 0.251 e. The lowest BCUT2D eigenvalue weighted by molar-refractivity contribution is -0.118. The average Bonchev–Trinajstić information content (AvgIpc) is 3.04. The first-order chi connectivity index (χ1) is 11.0. The van der Waals surface area contributed by atoms with E-state index in [4.69, 9.17) is 0 Å². The quantitative estimate of drug-likeness (QED) is 0.867. The summed E-state index contributed by atoms with van der Waals surface area (Å²) in [5.74, 6) is 0.682. The van der Waals surface area contributed by atoms with Crippen LogP contribution in [-0.2, 0) is 9.59 Å². The highest BCUT2D eigenvalue weighted by atomic mass is 16.2. The lowest BCUT2D eigenvalue weighted by atomic mass is 9.85. The van der Waals surface area contributed by atoms with Gasteiger partial charge in [-0.15, -0.1) is 0 Å². The predicted molar refractivity (Wildman–Crippen MR) is 90.9 cm³/mol. The molecule has 1 fully saturated rings. The Morgan fingerprint density at radius 3 is 2.78 bits per heavy atom. The minimum absolute atomic E-state index is 0.0579. The molecule has 1 aliphatic heterocycles. The van der Waals surface area contributed by atoms with Gasteiger partial charge in [-0.3, -0.25) is 9.59 Å². The zero-order valence-electron chi connectivity index (χ0n) is 13.9. The van der Waals surface area contributed by atoms with Gasteiger partial charge in [-0.25, -0.2) is 4.99 Å². The Morgan fingerprint density at radius 1 is 1.30 bits per heavy atom. The zero-order chi connectivity index (χ0) is 16.4. The summed E-state index contributed by atoms with van der Waals surface area (Å²) in [5.41, 5.74) is 3.29. The molecular formula is C19H24N2O2. The molecule has 0 saturated heterocycles. The second kappa shape index (κ2) is 6.65. The summed E-state index contributed by atoms with van der Waals surface area (Å²) >= 11 is 0. The SMILES string of the molecule is CC1=C(C)C2C=CC(=NC(=O)CCC3CCCC3)C=C2NC1=O. The summed E-state index contributed by atoms with van der Waals surface area (Å²) in [6.45, 7) is 3.82. The lowest BCUT2D eigenvalue weighted by Gasteiger charge is -2.28. The maximum Gasteiger partial charge on any atom is 0.251 e. The number of rotatable bonds is 3. The molecule has 1 saturated carbocycles. The van der Waals surface area contributed by atoms with Crippen LogP contribution in [0, 0.1) is 11.8 Å². The highest BCUT2D eigenvalue weighted by molar-refractivity contribution is 6.11. The van der Waals surface area contributed by atoms with Crippen molar-refractivity contribution in [3.8, 4) is 0 Å². The van der Waals surface area contributed by atoms with Gasteiger partial charge < -0.3 is 5.32 Å². The molecule has 3 rings (SSSR count). The Balaban J connectivity index is 1.66. The minimum Gasteiger partial charge on any atom is -0.325 e. The zero-order valence-corrected chi connectivity index (χ0v) is 13.9. The minimum atomic E-state index is -0.0628. The Kier molecular flexibility index (Phi) is 4.60. The number of amides is 2. The van der Waals surface area contributed by atoms with Gasteiger partial charge in [0, 0.05) is 23.6 Å². The standard InChI is InChI=1S/C19H24N2O2/c1-12-13(2)19(23)21-17-11-15(8-9-16(12)17)20-18(22)10-7-14-5-3-4-6-14/h8-9,11,14,16H,3-7,10H2,1-2H3,(H,21,23). The fraction of sp³-hybridized carbons (Fsp3) is 0.526. The number of hydrogen-bond acceptors (Lipinski definition) is 2. The van der Waals surface area contributed by atoms with Gasteiger partial charge in [0.05, 0.1) is 5.71 Å². The van der Waals surface area contributed by atoms with Gasteiger partial charge in [-0.1, -0.05) is 37.3 Å². The number of hydrogen-bond donors (Lipinski definition) is 1. The van der Waals surface area contributed by atoms with Crippen molar-refractivity contribution in [1.82, 2.24) is 5.32 Å². The maximum absolute atomic E-state index is 12.1. The predicted octanol–water partition coefficient (Wildman–Crippen LogP) is 3.46. The topological polar surface area (TPSA) is 58.5 Å². The van der Waals surface area contributed by atoms with Crippen molar-refractivity contribution in [2.24, 2.45) is 16.8 Å². The fourth-order valence-corrected chi connectivity index (χ4v) is 3.62. The molecular weight excluding hydrogens is 288 g/mol. The molecule has 2 aliphatic carbocycles. The van der Waals surface area contributed by atoms with Crippen molar-refractivity contribution >= 4 is 17.5 Å². The molecule has 3 aliphatic rings. The molecule has 0 aromatic heterocycles. The summed E-state index contributed by atoms with van der Waals surface area (Å²) < 4.78 is 0. The first kappa shape index (κ1) is 15.9. The molecule has 4 nitrogen and oxygen atoms in total. The molecule has 2 amide bonds. The van der Waals surface area contributed by atoms with Crippen molar-refractivity contribution in [2.45, 2.75) is 52.4 Å². The van der Waals surface area contributed by atoms with Gasteiger partial charge in [0.1, 0.15) is 0 Å². The van der Waals surface area contributed by atoms with Crippen molar-refractivity contribution < 1.29 is 9.59 Å². The highest BCUT2D eigenvalue weighted by Gasteiger charge is 2.27. The molecule has 1 heterocycles. The van der Waals surface area contributed by atoms with Crippen LogP contribution in [0.1, 0.15) is 52.4 Å². The van der Waals surface area contributed by atoms with Gasteiger partial charge in [-0.05, 0) is 38.3 Å². The van der Waals surface area contributed by atoms with Gasteiger partial charge in [0.15, 0.2) is 0 Å². The number of aliphatic imine (C=N–C) groups is 1. The molecule has 1 N–H and O–H groups in total. The van der Waals surface area contributed by atoms with Gasteiger partial charge in [-0.2, -0.15) is 0 Å². The van der Waals surface area contributed by atoms with E-state index in [1.807, 2.05) is 32.1 Å². The maximum atomic E-state index is 12.1. The van der Waals surface area contributed by atoms with Crippen LogP contribution in [0.5, 0.6) is 0 Å². The number of nitrogens with zero attached hydrogens (tertiary/aromatic N) is 1. The summed E-state index contributed by atoms with van der Waals surface area (Å²) in [6, 6.07) is 0. The molecule has 0 spiro atoms. The average molecular weight is 312 g/mol. The lowest BCUT2D eigenvalue weighted by Crippen LogP contribution is -2.35. The van der Waals surface area contributed by atoms with E-state index in [1.165, 1.54) is 25.7 Å². The molecule has 0 aromatic carbocycles.